The van der Waals surface area contributed by atoms with Gasteiger partial charge in [-0.15, -0.1) is 0 Å². The fraction of sp³-hybridized carbons (Fsp3) is 0.683. The standard InChI is InChI=1S/C11H17N.2C10H16N2.C4H10.3C2H6.Y/c1-8(2)10-6-5-7-12-11(10)9(3)4;1-7(2)9-5-11-6-12-10(9)8(3)4;1-7(2)9-10(8(3)4)12-6-5-11-9;1-3-4-2;3*1-2;/h5-9H,1-4H3;2*5-8H,1-4H3;3-4H2,1-2H3;3*1-2H3;. The zero-order valence-electron chi connectivity index (χ0n) is 34.7. The summed E-state index contributed by atoms with van der Waals surface area (Å²) in [4.78, 5) is 21.4. The van der Waals surface area contributed by atoms with Crippen molar-refractivity contribution in [3.05, 3.63) is 77.2 Å². The summed E-state index contributed by atoms with van der Waals surface area (Å²) in [5.41, 5.74) is 7.34. The first kappa shape index (κ1) is 54.8. The van der Waals surface area contributed by atoms with Crippen LogP contribution in [-0.2, 0) is 32.7 Å². The molecule has 0 unspecified atom stereocenters. The average Bonchev–Trinajstić information content (AvgIpc) is 3.08. The summed E-state index contributed by atoms with van der Waals surface area (Å²) in [6.07, 6.45) is 11.6. The summed E-state index contributed by atoms with van der Waals surface area (Å²) in [6, 6.07) is 4.19. The maximum Gasteiger partial charge on any atom is 0.115 e. The van der Waals surface area contributed by atoms with E-state index in [9.17, 15) is 0 Å². The van der Waals surface area contributed by atoms with Crippen molar-refractivity contribution < 1.29 is 32.7 Å². The van der Waals surface area contributed by atoms with Crippen LogP contribution in [0.15, 0.2) is 43.2 Å². The molecule has 0 aromatic carbocycles. The zero-order chi connectivity index (χ0) is 36.8. The molecule has 5 nitrogen and oxygen atoms in total. The molecular formula is C41H77N5Y. The first-order chi connectivity index (χ1) is 21.8. The predicted octanol–water partition coefficient (Wildman–Crippen LogP) is 13.7. The van der Waals surface area contributed by atoms with Crippen LogP contribution in [0, 0.1) is 0 Å². The summed E-state index contributed by atoms with van der Waals surface area (Å²) in [6.45, 7) is 42.4. The van der Waals surface area contributed by atoms with E-state index < -0.39 is 0 Å². The third-order valence-corrected chi connectivity index (χ3v) is 6.33. The van der Waals surface area contributed by atoms with Crippen LogP contribution in [0.3, 0.4) is 0 Å². The molecule has 0 bridgehead atoms. The Kier molecular flexibility index (Phi) is 41.7. The molecule has 0 spiro atoms. The molecule has 0 amide bonds. The smallest absolute Gasteiger partial charge is 0.115 e. The van der Waals surface area contributed by atoms with Crippen LogP contribution < -0.4 is 0 Å². The molecule has 3 aromatic rings. The van der Waals surface area contributed by atoms with E-state index in [1.807, 2.05) is 60.0 Å². The van der Waals surface area contributed by atoms with Gasteiger partial charge in [0, 0.05) is 68.9 Å². The number of aromatic nitrogens is 5. The number of pyridine rings is 1. The van der Waals surface area contributed by atoms with E-state index in [-0.39, 0.29) is 32.7 Å². The van der Waals surface area contributed by atoms with E-state index in [1.165, 1.54) is 35.4 Å². The summed E-state index contributed by atoms with van der Waals surface area (Å²) in [5, 5.41) is 0. The van der Waals surface area contributed by atoms with Crippen LogP contribution in [0.5, 0.6) is 0 Å². The first-order valence-corrected chi connectivity index (χ1v) is 18.3. The van der Waals surface area contributed by atoms with Crippen LogP contribution in [0.1, 0.15) is 221 Å². The van der Waals surface area contributed by atoms with E-state index in [4.69, 9.17) is 0 Å². The topological polar surface area (TPSA) is 64.5 Å². The van der Waals surface area contributed by atoms with Crippen molar-refractivity contribution in [2.24, 2.45) is 0 Å². The Morgan fingerprint density at radius 1 is 0.447 bits per heavy atom. The van der Waals surface area contributed by atoms with Gasteiger partial charge < -0.3 is 0 Å². The normalized spacial score (nSPS) is 9.57. The molecule has 0 aliphatic rings. The molecule has 269 valence electrons. The maximum atomic E-state index is 4.40. The molecule has 0 aliphatic carbocycles. The second-order valence-corrected chi connectivity index (χ2v) is 12.1. The third-order valence-electron chi connectivity index (χ3n) is 6.33. The Balaban J connectivity index is -0.000000163. The summed E-state index contributed by atoms with van der Waals surface area (Å²) in [7, 11) is 0. The number of hydrogen-bond acceptors (Lipinski definition) is 5. The number of unbranched alkanes of at least 4 members (excludes halogenated alkanes) is 1. The minimum atomic E-state index is 0. The van der Waals surface area contributed by atoms with Crippen molar-refractivity contribution in [1.82, 2.24) is 24.9 Å². The van der Waals surface area contributed by atoms with Gasteiger partial charge in [-0.2, -0.15) is 0 Å². The summed E-state index contributed by atoms with van der Waals surface area (Å²) in [5.74, 6) is 3.06. The molecule has 0 aliphatic heterocycles. The largest absolute Gasteiger partial charge is 0.261 e. The molecule has 0 atom stereocenters. The summed E-state index contributed by atoms with van der Waals surface area (Å²) < 4.78 is 0. The van der Waals surface area contributed by atoms with Crippen molar-refractivity contribution in [3.8, 4) is 0 Å². The SMILES string of the molecule is CC.CC.CC.CC(C)c1cccnc1C(C)C.CC(C)c1cncnc1C(C)C.CC(C)c1nccnc1C(C)C.CCCC.[Y]. The van der Waals surface area contributed by atoms with Gasteiger partial charge in [0.05, 0.1) is 11.4 Å². The molecule has 0 N–H and O–H groups in total. The van der Waals surface area contributed by atoms with Gasteiger partial charge in [0.15, 0.2) is 0 Å². The minimum absolute atomic E-state index is 0. The number of nitrogens with zero attached hydrogens (tertiary/aromatic N) is 5. The van der Waals surface area contributed by atoms with E-state index >= 15 is 0 Å². The molecule has 3 aromatic heterocycles. The first-order valence-electron chi connectivity index (χ1n) is 18.3. The zero-order valence-corrected chi connectivity index (χ0v) is 37.6. The Hall–Kier alpha value is -1.59. The van der Waals surface area contributed by atoms with Crippen LogP contribution >= 0.6 is 0 Å². The molecule has 3 rings (SSSR count). The average molecular weight is 729 g/mol. The Bertz CT molecular complexity index is 848. The van der Waals surface area contributed by atoms with Gasteiger partial charge in [0.25, 0.3) is 0 Å². The predicted molar refractivity (Wildman–Crippen MR) is 207 cm³/mol. The van der Waals surface area contributed by atoms with Crippen LogP contribution in [0.2, 0.25) is 0 Å². The van der Waals surface area contributed by atoms with Crippen molar-refractivity contribution in [3.63, 3.8) is 0 Å². The molecule has 0 fully saturated rings. The third kappa shape index (κ3) is 25.1. The van der Waals surface area contributed by atoms with E-state index in [0.29, 0.717) is 35.5 Å². The van der Waals surface area contributed by atoms with Crippen molar-refractivity contribution in [1.29, 1.82) is 0 Å². The van der Waals surface area contributed by atoms with Gasteiger partial charge >= 0.3 is 0 Å². The van der Waals surface area contributed by atoms with Crippen LogP contribution in [0.4, 0.5) is 0 Å². The van der Waals surface area contributed by atoms with Gasteiger partial charge in [-0.1, -0.05) is 157 Å². The van der Waals surface area contributed by atoms with Crippen LogP contribution in [0.25, 0.3) is 0 Å². The number of rotatable bonds is 7. The second-order valence-electron chi connectivity index (χ2n) is 12.1. The Morgan fingerprint density at radius 2 is 0.787 bits per heavy atom. The Labute approximate surface area is 319 Å². The quantitative estimate of drug-likeness (QED) is 0.242. The molecule has 0 saturated carbocycles. The van der Waals surface area contributed by atoms with Crippen molar-refractivity contribution in [2.45, 2.75) is 187 Å². The van der Waals surface area contributed by atoms with E-state index in [1.54, 1.807) is 18.7 Å². The van der Waals surface area contributed by atoms with E-state index in [2.05, 4.69) is 128 Å². The molecule has 3 heterocycles. The molecule has 6 heteroatoms. The van der Waals surface area contributed by atoms with E-state index in [0.717, 1.165) is 11.4 Å². The molecule has 1 radical (unpaired) electrons. The fourth-order valence-electron chi connectivity index (χ4n) is 3.93. The maximum absolute atomic E-state index is 4.40. The Morgan fingerprint density at radius 3 is 1.06 bits per heavy atom. The van der Waals surface area contributed by atoms with Gasteiger partial charge in [0.1, 0.15) is 6.33 Å². The molecule has 0 saturated heterocycles. The number of hydrogen-bond donors (Lipinski definition) is 0. The molecule has 47 heavy (non-hydrogen) atoms. The van der Waals surface area contributed by atoms with Gasteiger partial charge in [-0.3, -0.25) is 15.0 Å². The molecular weight excluding hydrogens is 651 g/mol. The van der Waals surface area contributed by atoms with Crippen LogP contribution in [-0.4, -0.2) is 24.9 Å². The second kappa shape index (κ2) is 35.7. The van der Waals surface area contributed by atoms with Gasteiger partial charge in [0.2, 0.25) is 0 Å². The van der Waals surface area contributed by atoms with Gasteiger partial charge in [-0.05, 0) is 52.7 Å². The monoisotopic (exact) mass is 729 g/mol. The van der Waals surface area contributed by atoms with Crippen molar-refractivity contribution >= 4 is 0 Å². The summed E-state index contributed by atoms with van der Waals surface area (Å²) >= 11 is 0. The van der Waals surface area contributed by atoms with Crippen molar-refractivity contribution in [2.75, 3.05) is 0 Å². The van der Waals surface area contributed by atoms with Gasteiger partial charge in [-0.25, -0.2) is 9.97 Å². The fourth-order valence-corrected chi connectivity index (χ4v) is 3.93. The minimum Gasteiger partial charge on any atom is -0.261 e.